The molecule has 0 aliphatic heterocycles. The van der Waals surface area contributed by atoms with Gasteiger partial charge in [0, 0.05) is 50.3 Å². The third-order valence-electron chi connectivity index (χ3n) is 4.21. The van der Waals surface area contributed by atoms with E-state index in [2.05, 4.69) is 82.2 Å². The number of rotatable bonds is 2. The Balaban J connectivity index is 2.31. The number of hydrogen-bond acceptors (Lipinski definition) is 3. The van der Waals surface area contributed by atoms with E-state index in [-0.39, 0.29) is 0 Å². The van der Waals surface area contributed by atoms with Crippen LogP contribution in [0.3, 0.4) is 0 Å². The Hall–Kier alpha value is -2.29. The van der Waals surface area contributed by atoms with E-state index < -0.39 is 0 Å². The van der Waals surface area contributed by atoms with Gasteiger partial charge in [-0.1, -0.05) is 0 Å². The second-order valence-corrected chi connectivity index (χ2v) is 6.44. The second kappa shape index (κ2) is 5.16. The zero-order chi connectivity index (χ0) is 16.0. The maximum Gasteiger partial charge on any atom is 0.0730 e. The topological polar surface area (TPSA) is 19.4 Å². The zero-order valence-electron chi connectivity index (χ0n) is 14.2. The van der Waals surface area contributed by atoms with Crippen LogP contribution in [-0.2, 0) is 0 Å². The molecular formula is C19H23N3. The summed E-state index contributed by atoms with van der Waals surface area (Å²) in [5.74, 6) is 0. The first-order chi connectivity index (χ1) is 10.4. The molecule has 0 saturated carbocycles. The molecule has 3 nitrogen and oxygen atoms in total. The first-order valence-corrected chi connectivity index (χ1v) is 7.57. The van der Waals surface area contributed by atoms with E-state index in [9.17, 15) is 0 Å². The third-order valence-corrected chi connectivity index (χ3v) is 4.21. The van der Waals surface area contributed by atoms with Crippen LogP contribution in [0.15, 0.2) is 30.3 Å². The SMILES string of the molecule is Cc1cc2cc3cc(C)c(N(C)C)cc3nc2cc1N(C)C. The van der Waals surface area contributed by atoms with Gasteiger partial charge in [-0.25, -0.2) is 4.98 Å². The molecule has 2 aromatic carbocycles. The Morgan fingerprint density at radius 1 is 0.636 bits per heavy atom. The van der Waals surface area contributed by atoms with Crippen LogP contribution in [0, 0.1) is 13.8 Å². The molecule has 0 atom stereocenters. The van der Waals surface area contributed by atoms with Crippen molar-refractivity contribution in [2.75, 3.05) is 38.0 Å². The van der Waals surface area contributed by atoms with Crippen LogP contribution in [0.2, 0.25) is 0 Å². The summed E-state index contributed by atoms with van der Waals surface area (Å²) in [6.07, 6.45) is 0. The number of fused-ring (bicyclic) bond motifs is 2. The van der Waals surface area contributed by atoms with E-state index in [0.717, 1.165) is 11.0 Å². The highest BCUT2D eigenvalue weighted by atomic mass is 15.1. The van der Waals surface area contributed by atoms with Crippen LogP contribution >= 0.6 is 0 Å². The molecule has 1 heterocycles. The van der Waals surface area contributed by atoms with E-state index in [4.69, 9.17) is 4.98 Å². The van der Waals surface area contributed by atoms with Crippen molar-refractivity contribution in [3.8, 4) is 0 Å². The Labute approximate surface area is 132 Å². The first-order valence-electron chi connectivity index (χ1n) is 7.57. The van der Waals surface area contributed by atoms with Crippen molar-refractivity contribution in [2.24, 2.45) is 0 Å². The number of hydrogen-bond donors (Lipinski definition) is 0. The van der Waals surface area contributed by atoms with Crippen molar-refractivity contribution in [3.63, 3.8) is 0 Å². The van der Waals surface area contributed by atoms with Gasteiger partial charge < -0.3 is 9.80 Å². The van der Waals surface area contributed by atoms with Crippen molar-refractivity contribution < 1.29 is 0 Å². The lowest BCUT2D eigenvalue weighted by Crippen LogP contribution is -2.10. The highest BCUT2D eigenvalue weighted by Gasteiger charge is 2.09. The highest BCUT2D eigenvalue weighted by Crippen LogP contribution is 2.30. The van der Waals surface area contributed by atoms with Crippen molar-refractivity contribution >= 4 is 33.2 Å². The molecule has 0 fully saturated rings. The molecule has 0 amide bonds. The lowest BCUT2D eigenvalue weighted by atomic mass is 10.0. The van der Waals surface area contributed by atoms with Gasteiger partial charge in [-0.3, -0.25) is 0 Å². The summed E-state index contributed by atoms with van der Waals surface area (Å²) < 4.78 is 0. The molecule has 0 aliphatic rings. The summed E-state index contributed by atoms with van der Waals surface area (Å²) in [5.41, 5.74) is 7.10. The quantitative estimate of drug-likeness (QED) is 0.662. The van der Waals surface area contributed by atoms with Gasteiger partial charge in [-0.2, -0.15) is 0 Å². The van der Waals surface area contributed by atoms with Gasteiger partial charge in [0.05, 0.1) is 11.0 Å². The smallest absolute Gasteiger partial charge is 0.0730 e. The molecule has 0 spiro atoms. The maximum absolute atomic E-state index is 4.89. The summed E-state index contributed by atoms with van der Waals surface area (Å²) in [7, 11) is 8.29. The largest absolute Gasteiger partial charge is 0.377 e. The minimum absolute atomic E-state index is 1.05. The highest BCUT2D eigenvalue weighted by molar-refractivity contribution is 5.96. The number of aryl methyl sites for hydroxylation is 2. The fraction of sp³-hybridized carbons (Fsp3) is 0.316. The van der Waals surface area contributed by atoms with Crippen molar-refractivity contribution in [1.82, 2.24) is 4.98 Å². The normalized spacial score (nSPS) is 11.2. The van der Waals surface area contributed by atoms with Crippen LogP contribution in [0.4, 0.5) is 11.4 Å². The fourth-order valence-electron chi connectivity index (χ4n) is 3.10. The van der Waals surface area contributed by atoms with Gasteiger partial charge in [0.2, 0.25) is 0 Å². The van der Waals surface area contributed by atoms with Gasteiger partial charge in [0.15, 0.2) is 0 Å². The van der Waals surface area contributed by atoms with Crippen molar-refractivity contribution in [2.45, 2.75) is 13.8 Å². The average molecular weight is 293 g/mol. The lowest BCUT2D eigenvalue weighted by molar-refractivity contribution is 1.11. The Bertz CT molecular complexity index is 795. The molecule has 1 aromatic heterocycles. The van der Waals surface area contributed by atoms with Crippen molar-refractivity contribution in [1.29, 1.82) is 0 Å². The van der Waals surface area contributed by atoms with Crippen LogP contribution in [0.5, 0.6) is 0 Å². The van der Waals surface area contributed by atoms with Crippen LogP contribution in [0.1, 0.15) is 11.1 Å². The lowest BCUT2D eigenvalue weighted by Gasteiger charge is -2.18. The minimum Gasteiger partial charge on any atom is -0.377 e. The Morgan fingerprint density at radius 2 is 1.05 bits per heavy atom. The standard InChI is InChI=1S/C19H23N3/c1-12-7-14-9-15-8-13(2)19(22(5)6)11-17(15)20-16(14)10-18(12)21(3)4/h7-11H,1-6H3. The van der Waals surface area contributed by atoms with E-state index >= 15 is 0 Å². The van der Waals surface area contributed by atoms with Gasteiger partial charge in [0.1, 0.15) is 0 Å². The van der Waals surface area contributed by atoms with Gasteiger partial charge in [0.25, 0.3) is 0 Å². The molecule has 3 rings (SSSR count). The molecule has 22 heavy (non-hydrogen) atoms. The molecule has 0 radical (unpaired) electrons. The summed E-state index contributed by atoms with van der Waals surface area (Å²) >= 11 is 0. The van der Waals surface area contributed by atoms with Crippen LogP contribution < -0.4 is 9.80 Å². The molecule has 0 unspecified atom stereocenters. The van der Waals surface area contributed by atoms with E-state index in [1.165, 1.54) is 33.3 Å². The Morgan fingerprint density at radius 3 is 1.41 bits per heavy atom. The number of pyridine rings is 1. The third kappa shape index (κ3) is 2.37. The monoisotopic (exact) mass is 293 g/mol. The predicted molar refractivity (Wildman–Crippen MR) is 97.4 cm³/mol. The summed E-state index contributed by atoms with van der Waals surface area (Å²) in [5, 5.41) is 2.40. The number of benzene rings is 2. The summed E-state index contributed by atoms with van der Waals surface area (Å²) in [6.45, 7) is 4.30. The molecular weight excluding hydrogens is 270 g/mol. The van der Waals surface area contributed by atoms with Crippen LogP contribution in [-0.4, -0.2) is 33.2 Å². The minimum atomic E-state index is 1.05. The molecule has 3 heteroatoms. The molecule has 0 aliphatic carbocycles. The number of nitrogens with zero attached hydrogens (tertiary/aromatic N) is 3. The van der Waals surface area contributed by atoms with Gasteiger partial charge in [-0.15, -0.1) is 0 Å². The molecule has 0 saturated heterocycles. The summed E-state index contributed by atoms with van der Waals surface area (Å²) in [4.78, 5) is 9.17. The predicted octanol–water partition coefficient (Wildman–Crippen LogP) is 4.14. The maximum atomic E-state index is 4.89. The Kier molecular flexibility index (Phi) is 3.44. The molecule has 0 bridgehead atoms. The number of aromatic nitrogens is 1. The van der Waals surface area contributed by atoms with E-state index in [1.807, 2.05) is 0 Å². The van der Waals surface area contributed by atoms with E-state index in [1.54, 1.807) is 0 Å². The molecule has 114 valence electrons. The second-order valence-electron chi connectivity index (χ2n) is 6.44. The van der Waals surface area contributed by atoms with Gasteiger partial charge in [-0.05, 0) is 55.3 Å². The first kappa shape index (κ1) is 14.6. The fourth-order valence-corrected chi connectivity index (χ4v) is 3.10. The molecule has 3 aromatic rings. The average Bonchev–Trinajstić information content (AvgIpc) is 2.43. The molecule has 0 N–H and O–H groups in total. The zero-order valence-corrected chi connectivity index (χ0v) is 14.2. The van der Waals surface area contributed by atoms with Crippen molar-refractivity contribution in [3.05, 3.63) is 41.5 Å². The van der Waals surface area contributed by atoms with Crippen LogP contribution in [0.25, 0.3) is 21.8 Å². The number of anilines is 2. The van der Waals surface area contributed by atoms with E-state index in [0.29, 0.717) is 0 Å². The van der Waals surface area contributed by atoms with Gasteiger partial charge >= 0.3 is 0 Å². The summed E-state index contributed by atoms with van der Waals surface area (Å²) in [6, 6.07) is 11.1.